The number of ether oxygens (including phenoxy) is 6. The van der Waals surface area contributed by atoms with Crippen LogP contribution in [0.4, 0.5) is 0 Å². The lowest BCUT2D eigenvalue weighted by atomic mass is 9.45. The van der Waals surface area contributed by atoms with Crippen LogP contribution in [-0.4, -0.2) is 81.7 Å². The maximum absolute atomic E-state index is 12.5. The fraction of sp³-hybridized carbons (Fsp3) is 0.921. The summed E-state index contributed by atoms with van der Waals surface area (Å²) >= 11 is 0. The van der Waals surface area contributed by atoms with Crippen molar-refractivity contribution in [3.8, 4) is 0 Å². The lowest BCUT2D eigenvalue weighted by Crippen LogP contribution is -2.65. The van der Waals surface area contributed by atoms with E-state index in [1.807, 2.05) is 0 Å². The van der Waals surface area contributed by atoms with Gasteiger partial charge in [0, 0.05) is 41.3 Å². The van der Waals surface area contributed by atoms with Crippen LogP contribution in [0.25, 0.3) is 0 Å². The number of hydrogen-bond acceptors (Lipinski definition) is 7. The molecule has 7 rings (SSSR count). The number of carbonyl (C=O) groups is 1. The van der Waals surface area contributed by atoms with E-state index in [0.717, 1.165) is 136 Å². The van der Waals surface area contributed by atoms with E-state index in [9.17, 15) is 9.90 Å². The van der Waals surface area contributed by atoms with Crippen molar-refractivity contribution in [3.05, 3.63) is 11.3 Å². The number of rotatable bonds is 20. The minimum absolute atomic E-state index is 0.286. The Hall–Kier alpha value is -1.19. The van der Waals surface area contributed by atoms with Crippen molar-refractivity contribution in [3.63, 3.8) is 0 Å². The molecule has 7 fully saturated rings. The molecule has 1 N–H and O–H groups in total. The third-order valence-electron chi connectivity index (χ3n) is 12.4. The zero-order chi connectivity index (χ0) is 32.5. The number of carboxylic acid groups (broad SMARTS) is 1. The molecule has 7 aliphatic rings. The van der Waals surface area contributed by atoms with Crippen LogP contribution in [0, 0.1) is 27.6 Å². The molecule has 0 aromatic carbocycles. The summed E-state index contributed by atoms with van der Waals surface area (Å²) in [4.78, 5) is 12.5. The first-order chi connectivity index (χ1) is 21.9. The zero-order valence-electron chi connectivity index (χ0n) is 29.4. The molecule has 4 bridgehead atoms. The van der Waals surface area contributed by atoms with E-state index in [-0.39, 0.29) is 22.0 Å². The second kappa shape index (κ2) is 13.6. The lowest BCUT2D eigenvalue weighted by molar-refractivity contribution is -0.261. The molecule has 8 nitrogen and oxygen atoms in total. The van der Waals surface area contributed by atoms with Gasteiger partial charge < -0.3 is 33.5 Å². The summed E-state index contributed by atoms with van der Waals surface area (Å²) in [7, 11) is 0. The molecule has 3 aliphatic heterocycles. The van der Waals surface area contributed by atoms with Crippen LogP contribution in [0.3, 0.4) is 0 Å². The zero-order valence-corrected chi connectivity index (χ0v) is 29.4. The first-order valence-electron chi connectivity index (χ1n) is 18.5. The van der Waals surface area contributed by atoms with Crippen LogP contribution in [-0.2, 0) is 33.2 Å². The minimum Gasteiger partial charge on any atom is -0.497 e. The summed E-state index contributed by atoms with van der Waals surface area (Å²) in [6, 6.07) is 0. The number of unbranched alkanes of at least 4 members (excludes halogenated alkanes) is 3. The largest absolute Gasteiger partial charge is 0.497 e. The van der Waals surface area contributed by atoms with Crippen LogP contribution in [0.15, 0.2) is 11.3 Å². The van der Waals surface area contributed by atoms with Gasteiger partial charge in [-0.05, 0) is 89.9 Å². The Labute approximate surface area is 277 Å². The van der Waals surface area contributed by atoms with Gasteiger partial charge in [0.25, 0.3) is 0 Å². The average Bonchev–Trinajstić information content (AvgIpc) is 2.94. The fourth-order valence-corrected chi connectivity index (χ4v) is 10.1. The first kappa shape index (κ1) is 34.7. The summed E-state index contributed by atoms with van der Waals surface area (Å²) in [5, 5.41) is 10.3. The van der Waals surface area contributed by atoms with Crippen molar-refractivity contribution in [1.29, 1.82) is 0 Å². The number of carboxylic acids is 1. The Kier molecular flexibility index (Phi) is 10.3. The quantitative estimate of drug-likeness (QED) is 0.0827. The van der Waals surface area contributed by atoms with Crippen molar-refractivity contribution in [2.24, 2.45) is 27.6 Å². The summed E-state index contributed by atoms with van der Waals surface area (Å²) in [5.74, 6) is 0.280. The Morgan fingerprint density at radius 3 is 1.48 bits per heavy atom. The molecule has 4 saturated carbocycles. The Bertz CT molecular complexity index is 1060. The Morgan fingerprint density at radius 2 is 1.09 bits per heavy atom. The molecule has 0 amide bonds. The van der Waals surface area contributed by atoms with E-state index in [1.54, 1.807) is 6.92 Å². The van der Waals surface area contributed by atoms with Gasteiger partial charge in [0.05, 0.1) is 63.0 Å². The molecule has 46 heavy (non-hydrogen) atoms. The second-order valence-electron chi connectivity index (χ2n) is 17.7. The van der Waals surface area contributed by atoms with E-state index in [0.29, 0.717) is 34.7 Å². The standard InChI is InChI=1S/C38H62O8/c1-29(32(39)40)31(44-14-8-5-11-33(2)23-41-24-33)36-17-30-18-37(20-36,45-15-9-6-12-34(3)25-42-26-34)22-38(19-30,21-36)46-16-10-7-13-35(4)27-43-28-35/h30H,5-28H2,1-4H3,(H,39,40). The van der Waals surface area contributed by atoms with Crippen molar-refractivity contribution < 1.29 is 38.3 Å². The van der Waals surface area contributed by atoms with Gasteiger partial charge in [-0.3, -0.25) is 0 Å². The lowest BCUT2D eigenvalue weighted by Gasteiger charge is -2.66. The number of aliphatic carboxylic acids is 1. The second-order valence-corrected chi connectivity index (χ2v) is 17.7. The monoisotopic (exact) mass is 646 g/mol. The van der Waals surface area contributed by atoms with Gasteiger partial charge in [0.2, 0.25) is 0 Å². The van der Waals surface area contributed by atoms with Crippen molar-refractivity contribution in [2.45, 2.75) is 135 Å². The number of allylic oxidation sites excluding steroid dienone is 1. The molecule has 2 atom stereocenters. The number of hydrogen-bond donors (Lipinski definition) is 1. The van der Waals surface area contributed by atoms with E-state index in [2.05, 4.69) is 20.8 Å². The van der Waals surface area contributed by atoms with Gasteiger partial charge in [-0.15, -0.1) is 0 Å². The molecule has 262 valence electrons. The van der Waals surface area contributed by atoms with Crippen LogP contribution < -0.4 is 0 Å². The van der Waals surface area contributed by atoms with Crippen molar-refractivity contribution in [2.75, 3.05) is 59.5 Å². The van der Waals surface area contributed by atoms with Gasteiger partial charge in [-0.25, -0.2) is 4.79 Å². The fourth-order valence-electron chi connectivity index (χ4n) is 10.1. The Morgan fingerprint density at radius 1 is 0.652 bits per heavy atom. The smallest absolute Gasteiger partial charge is 0.334 e. The molecular weight excluding hydrogens is 584 g/mol. The summed E-state index contributed by atoms with van der Waals surface area (Å²) in [6.07, 6.45) is 15.5. The van der Waals surface area contributed by atoms with E-state index >= 15 is 0 Å². The van der Waals surface area contributed by atoms with E-state index < -0.39 is 5.97 Å². The summed E-state index contributed by atoms with van der Waals surface area (Å²) < 4.78 is 37.0. The molecule has 0 aromatic rings. The first-order valence-corrected chi connectivity index (χ1v) is 18.5. The Balaban J connectivity index is 1.14. The maximum atomic E-state index is 12.5. The highest BCUT2D eigenvalue weighted by molar-refractivity contribution is 5.86. The van der Waals surface area contributed by atoms with Gasteiger partial charge in [0.1, 0.15) is 5.76 Å². The molecule has 3 saturated heterocycles. The van der Waals surface area contributed by atoms with Crippen LogP contribution in [0.5, 0.6) is 0 Å². The minimum atomic E-state index is -0.878. The summed E-state index contributed by atoms with van der Waals surface area (Å²) in [6.45, 7) is 15.9. The highest BCUT2D eigenvalue weighted by Gasteiger charge is 2.66. The molecular formula is C38H62O8. The average molecular weight is 647 g/mol. The van der Waals surface area contributed by atoms with Crippen LogP contribution in [0.2, 0.25) is 0 Å². The maximum Gasteiger partial charge on any atom is 0.334 e. The third kappa shape index (κ3) is 7.66. The molecule has 0 radical (unpaired) electrons. The SMILES string of the molecule is CC(C(=O)O)=C(OCCCCC1(C)COC1)C12CC3CC(OCCCCC4(C)COC4)(CC(OCCCCC4(C)COC4)(C3)C1)C2. The van der Waals surface area contributed by atoms with Crippen LogP contribution >= 0.6 is 0 Å². The molecule has 3 heterocycles. The van der Waals surface area contributed by atoms with E-state index in [1.165, 1.54) is 12.8 Å². The molecule has 0 aromatic heterocycles. The van der Waals surface area contributed by atoms with Crippen LogP contribution in [0.1, 0.15) is 124 Å². The third-order valence-corrected chi connectivity index (χ3v) is 12.4. The molecule has 8 heteroatoms. The molecule has 2 unspecified atom stereocenters. The predicted molar refractivity (Wildman–Crippen MR) is 176 cm³/mol. The predicted octanol–water partition coefficient (Wildman–Crippen LogP) is 7.48. The van der Waals surface area contributed by atoms with Gasteiger partial charge in [-0.1, -0.05) is 33.6 Å². The van der Waals surface area contributed by atoms with Crippen molar-refractivity contribution in [1.82, 2.24) is 0 Å². The topological polar surface area (TPSA) is 92.7 Å². The van der Waals surface area contributed by atoms with Gasteiger partial charge in [0.15, 0.2) is 0 Å². The van der Waals surface area contributed by atoms with E-state index in [4.69, 9.17) is 28.4 Å². The normalized spacial score (nSPS) is 35.1. The highest BCUT2D eigenvalue weighted by Crippen LogP contribution is 2.68. The molecule has 4 aliphatic carbocycles. The molecule has 0 spiro atoms. The van der Waals surface area contributed by atoms with Crippen molar-refractivity contribution >= 4 is 5.97 Å². The van der Waals surface area contributed by atoms with Gasteiger partial charge >= 0.3 is 5.97 Å². The van der Waals surface area contributed by atoms with Gasteiger partial charge in [-0.2, -0.15) is 0 Å². The highest BCUT2D eigenvalue weighted by atomic mass is 16.5. The summed E-state index contributed by atoms with van der Waals surface area (Å²) in [5.41, 5.74) is 0.385.